The zero-order valence-electron chi connectivity index (χ0n) is 10.1. The van der Waals surface area contributed by atoms with Gasteiger partial charge in [0.1, 0.15) is 5.82 Å². The standard InChI is InChI=1S/C11H17BrN4O/c1-13-11-14-7-9(12)10(15-11)16-5-3-8(17-2)4-6-16/h7-8H,3-6H2,1-2H3,(H,13,14,15). The van der Waals surface area contributed by atoms with Crippen LogP contribution in [-0.2, 0) is 4.74 Å². The van der Waals surface area contributed by atoms with Gasteiger partial charge in [0, 0.05) is 33.4 Å². The van der Waals surface area contributed by atoms with Gasteiger partial charge < -0.3 is 15.0 Å². The van der Waals surface area contributed by atoms with Crippen LogP contribution in [0.5, 0.6) is 0 Å². The maximum atomic E-state index is 5.37. The van der Waals surface area contributed by atoms with Crippen molar-refractivity contribution in [1.29, 1.82) is 0 Å². The summed E-state index contributed by atoms with van der Waals surface area (Å²) in [5.74, 6) is 1.61. The molecule has 2 heterocycles. The molecule has 5 nitrogen and oxygen atoms in total. The van der Waals surface area contributed by atoms with Crippen LogP contribution in [-0.4, -0.2) is 43.3 Å². The molecule has 1 fully saturated rings. The minimum absolute atomic E-state index is 0.385. The molecule has 0 aromatic carbocycles. The number of hydrogen-bond donors (Lipinski definition) is 1. The van der Waals surface area contributed by atoms with E-state index in [0.29, 0.717) is 12.1 Å². The molecule has 1 aliphatic heterocycles. The van der Waals surface area contributed by atoms with Crippen molar-refractivity contribution in [3.63, 3.8) is 0 Å². The molecule has 0 unspecified atom stereocenters. The fraction of sp³-hybridized carbons (Fsp3) is 0.636. The van der Waals surface area contributed by atoms with Crippen LogP contribution in [0, 0.1) is 0 Å². The number of nitrogens with one attached hydrogen (secondary N) is 1. The minimum Gasteiger partial charge on any atom is -0.381 e. The van der Waals surface area contributed by atoms with Crippen molar-refractivity contribution in [2.24, 2.45) is 0 Å². The molecular formula is C11H17BrN4O. The lowest BCUT2D eigenvalue weighted by Gasteiger charge is -2.32. The molecule has 1 N–H and O–H groups in total. The molecule has 0 atom stereocenters. The van der Waals surface area contributed by atoms with E-state index < -0.39 is 0 Å². The number of methoxy groups -OCH3 is 1. The lowest BCUT2D eigenvalue weighted by atomic mass is 10.1. The predicted octanol–water partition coefficient (Wildman–Crippen LogP) is 1.90. The maximum absolute atomic E-state index is 5.37. The maximum Gasteiger partial charge on any atom is 0.224 e. The van der Waals surface area contributed by atoms with Crippen molar-refractivity contribution in [3.05, 3.63) is 10.7 Å². The van der Waals surface area contributed by atoms with Crippen LogP contribution >= 0.6 is 15.9 Å². The highest BCUT2D eigenvalue weighted by Gasteiger charge is 2.21. The second-order valence-corrected chi connectivity index (χ2v) is 4.89. The molecule has 1 aliphatic rings. The Balaban J connectivity index is 2.12. The summed E-state index contributed by atoms with van der Waals surface area (Å²) in [5.41, 5.74) is 0. The summed E-state index contributed by atoms with van der Waals surface area (Å²) in [6, 6.07) is 0. The predicted molar refractivity (Wildman–Crippen MR) is 71.5 cm³/mol. The van der Waals surface area contributed by atoms with Crippen molar-refractivity contribution in [3.8, 4) is 0 Å². The Morgan fingerprint density at radius 3 is 2.76 bits per heavy atom. The van der Waals surface area contributed by atoms with Crippen LogP contribution in [0.2, 0.25) is 0 Å². The van der Waals surface area contributed by atoms with Gasteiger partial charge in [-0.3, -0.25) is 0 Å². The van der Waals surface area contributed by atoms with E-state index in [1.54, 1.807) is 13.3 Å². The number of anilines is 2. The van der Waals surface area contributed by atoms with Crippen molar-refractivity contribution < 1.29 is 4.74 Å². The third kappa shape index (κ3) is 2.87. The summed E-state index contributed by atoms with van der Waals surface area (Å²) in [4.78, 5) is 10.9. The van der Waals surface area contributed by atoms with Gasteiger partial charge in [-0.25, -0.2) is 4.98 Å². The lowest BCUT2D eigenvalue weighted by Crippen LogP contribution is -2.37. The molecule has 1 saturated heterocycles. The minimum atomic E-state index is 0.385. The Hall–Kier alpha value is -0.880. The monoisotopic (exact) mass is 300 g/mol. The van der Waals surface area contributed by atoms with Crippen LogP contribution in [0.15, 0.2) is 10.7 Å². The molecule has 1 aromatic rings. The van der Waals surface area contributed by atoms with Gasteiger partial charge in [-0.15, -0.1) is 0 Å². The zero-order valence-corrected chi connectivity index (χ0v) is 11.7. The van der Waals surface area contributed by atoms with Crippen LogP contribution in [0.3, 0.4) is 0 Å². The number of piperidine rings is 1. The van der Waals surface area contributed by atoms with E-state index >= 15 is 0 Å². The highest BCUT2D eigenvalue weighted by molar-refractivity contribution is 9.10. The number of ether oxygens (including phenoxy) is 1. The van der Waals surface area contributed by atoms with Crippen LogP contribution < -0.4 is 10.2 Å². The highest BCUT2D eigenvalue weighted by Crippen LogP contribution is 2.27. The Morgan fingerprint density at radius 2 is 2.18 bits per heavy atom. The first kappa shape index (κ1) is 12.6. The normalized spacial score (nSPS) is 17.2. The van der Waals surface area contributed by atoms with Gasteiger partial charge in [-0.1, -0.05) is 0 Å². The summed E-state index contributed by atoms with van der Waals surface area (Å²) >= 11 is 3.50. The van der Waals surface area contributed by atoms with Gasteiger partial charge in [0.2, 0.25) is 5.95 Å². The molecule has 94 valence electrons. The number of rotatable bonds is 3. The van der Waals surface area contributed by atoms with E-state index in [4.69, 9.17) is 4.74 Å². The van der Waals surface area contributed by atoms with Crippen molar-refractivity contribution in [2.45, 2.75) is 18.9 Å². The fourth-order valence-electron chi connectivity index (χ4n) is 2.00. The summed E-state index contributed by atoms with van der Waals surface area (Å²) in [7, 11) is 3.60. The van der Waals surface area contributed by atoms with Gasteiger partial charge in [-0.05, 0) is 28.8 Å². The second-order valence-electron chi connectivity index (χ2n) is 4.04. The first-order valence-corrected chi connectivity index (χ1v) is 6.52. The summed E-state index contributed by atoms with van der Waals surface area (Å²) in [6.45, 7) is 1.94. The zero-order chi connectivity index (χ0) is 12.3. The molecule has 0 saturated carbocycles. The van der Waals surface area contributed by atoms with Crippen molar-refractivity contribution in [2.75, 3.05) is 37.5 Å². The third-order valence-electron chi connectivity index (χ3n) is 3.02. The van der Waals surface area contributed by atoms with E-state index in [0.717, 1.165) is 36.2 Å². The first-order chi connectivity index (χ1) is 8.24. The molecule has 0 bridgehead atoms. The number of nitrogens with zero attached hydrogens (tertiary/aromatic N) is 3. The van der Waals surface area contributed by atoms with Gasteiger partial charge in [0.25, 0.3) is 0 Å². The average molecular weight is 301 g/mol. The van der Waals surface area contributed by atoms with E-state index in [2.05, 4.69) is 36.1 Å². The van der Waals surface area contributed by atoms with Crippen LogP contribution in [0.25, 0.3) is 0 Å². The summed E-state index contributed by atoms with van der Waals surface area (Å²) in [5, 5.41) is 2.96. The van der Waals surface area contributed by atoms with Crippen molar-refractivity contribution in [1.82, 2.24) is 9.97 Å². The Labute approximate surface area is 110 Å². The quantitative estimate of drug-likeness (QED) is 0.924. The molecule has 17 heavy (non-hydrogen) atoms. The SMILES string of the molecule is CNc1ncc(Br)c(N2CCC(OC)CC2)n1. The van der Waals surface area contributed by atoms with Crippen LogP contribution in [0.1, 0.15) is 12.8 Å². The number of hydrogen-bond acceptors (Lipinski definition) is 5. The van der Waals surface area contributed by atoms with Gasteiger partial charge in [-0.2, -0.15) is 4.98 Å². The molecular weight excluding hydrogens is 284 g/mol. The second kappa shape index (κ2) is 5.64. The molecule has 0 amide bonds. The molecule has 2 rings (SSSR count). The van der Waals surface area contributed by atoms with Crippen molar-refractivity contribution >= 4 is 27.7 Å². The molecule has 0 radical (unpaired) electrons. The Kier molecular flexibility index (Phi) is 4.17. The third-order valence-corrected chi connectivity index (χ3v) is 3.58. The Bertz CT molecular complexity index is 380. The van der Waals surface area contributed by atoms with E-state index in [1.165, 1.54) is 0 Å². The molecule has 0 spiro atoms. The molecule has 1 aromatic heterocycles. The summed E-state index contributed by atoms with van der Waals surface area (Å²) in [6.07, 6.45) is 4.26. The number of halogens is 1. The fourth-order valence-corrected chi connectivity index (χ4v) is 2.45. The largest absolute Gasteiger partial charge is 0.381 e. The van der Waals surface area contributed by atoms with Gasteiger partial charge in [0.15, 0.2) is 0 Å². The van der Waals surface area contributed by atoms with E-state index in [1.807, 2.05) is 7.05 Å². The average Bonchev–Trinajstić information content (AvgIpc) is 2.39. The first-order valence-electron chi connectivity index (χ1n) is 5.72. The molecule has 0 aliphatic carbocycles. The van der Waals surface area contributed by atoms with Gasteiger partial charge >= 0.3 is 0 Å². The van der Waals surface area contributed by atoms with E-state index in [9.17, 15) is 0 Å². The summed E-state index contributed by atoms with van der Waals surface area (Å²) < 4.78 is 6.30. The van der Waals surface area contributed by atoms with E-state index in [-0.39, 0.29) is 0 Å². The smallest absolute Gasteiger partial charge is 0.224 e. The Morgan fingerprint density at radius 1 is 1.47 bits per heavy atom. The highest BCUT2D eigenvalue weighted by atomic mass is 79.9. The van der Waals surface area contributed by atoms with Crippen LogP contribution in [0.4, 0.5) is 11.8 Å². The topological polar surface area (TPSA) is 50.3 Å². The lowest BCUT2D eigenvalue weighted by molar-refractivity contribution is 0.0818. The van der Waals surface area contributed by atoms with Gasteiger partial charge in [0.05, 0.1) is 10.6 Å². The number of aromatic nitrogens is 2. The molecule has 6 heteroatoms.